The summed E-state index contributed by atoms with van der Waals surface area (Å²) in [4.78, 5) is 24.0. The zero-order chi connectivity index (χ0) is 21.5. The molecule has 3 heterocycles. The fourth-order valence-electron chi connectivity index (χ4n) is 5.13. The number of morpholine rings is 1. The maximum atomic E-state index is 12.4. The first kappa shape index (κ1) is 19.8. The van der Waals surface area contributed by atoms with E-state index in [9.17, 15) is 4.79 Å². The van der Waals surface area contributed by atoms with Gasteiger partial charge in [-0.2, -0.15) is 0 Å². The summed E-state index contributed by atoms with van der Waals surface area (Å²) in [7, 11) is 0. The molecule has 6 heteroatoms. The third kappa shape index (κ3) is 3.77. The number of carbonyl (C=O) groups excluding carboxylic acids is 1. The highest BCUT2D eigenvalue weighted by Crippen LogP contribution is 2.37. The molecule has 0 N–H and O–H groups in total. The Hall–Kier alpha value is -2.86. The lowest BCUT2D eigenvalue weighted by atomic mass is 10.0. The van der Waals surface area contributed by atoms with Crippen LogP contribution < -0.4 is 9.80 Å². The highest BCUT2D eigenvalue weighted by atomic mass is 16.5. The Bertz CT molecular complexity index is 1030. The largest absolute Gasteiger partial charge is 0.378 e. The molecule has 2 aliphatic heterocycles. The summed E-state index contributed by atoms with van der Waals surface area (Å²) in [6.07, 6.45) is 7.30. The summed E-state index contributed by atoms with van der Waals surface area (Å²) in [5.41, 5.74) is 7.54. The molecule has 0 atom stereocenters. The number of anilines is 2. The van der Waals surface area contributed by atoms with Crippen LogP contribution in [0.15, 0.2) is 36.5 Å². The van der Waals surface area contributed by atoms with E-state index < -0.39 is 0 Å². The minimum absolute atomic E-state index is 0.312. The van der Waals surface area contributed by atoms with Gasteiger partial charge in [0.05, 0.1) is 18.9 Å². The number of nitrogens with zero attached hydrogens (tertiary/aromatic N) is 4. The minimum Gasteiger partial charge on any atom is -0.378 e. The second kappa shape index (κ2) is 8.24. The standard InChI is InChI=1S/C26H30N4O2/c31-26(20-1-2-20)30-11-9-29(10-12-30)25-7-8-27-24-18-21(17-23(24)25)19-3-5-22(6-4-19)28-13-15-32-16-14-28/h3-8,17,20H,1-2,9-16,18H2. The molecule has 6 rings (SSSR count). The summed E-state index contributed by atoms with van der Waals surface area (Å²) in [5, 5.41) is 0. The summed E-state index contributed by atoms with van der Waals surface area (Å²) in [5.74, 6) is 0.680. The molecule has 2 aromatic rings. The van der Waals surface area contributed by atoms with Crippen LogP contribution in [0, 0.1) is 5.92 Å². The van der Waals surface area contributed by atoms with Gasteiger partial charge in [-0.1, -0.05) is 12.1 Å². The van der Waals surface area contributed by atoms with Crippen LogP contribution in [0.25, 0.3) is 11.6 Å². The normalized spacial score (nSPS) is 20.9. The van der Waals surface area contributed by atoms with Crippen molar-refractivity contribution in [1.29, 1.82) is 0 Å². The van der Waals surface area contributed by atoms with Crippen molar-refractivity contribution in [2.24, 2.45) is 5.92 Å². The Labute approximate surface area is 189 Å². The minimum atomic E-state index is 0.312. The molecule has 1 saturated carbocycles. The molecule has 0 spiro atoms. The number of benzene rings is 1. The molecule has 2 aliphatic carbocycles. The Balaban J connectivity index is 1.18. The van der Waals surface area contributed by atoms with Crippen LogP contribution in [0.2, 0.25) is 0 Å². The number of aromatic nitrogens is 1. The second-order valence-electron chi connectivity index (χ2n) is 9.27. The molecule has 1 amide bonds. The lowest BCUT2D eigenvalue weighted by Gasteiger charge is -2.37. The molecule has 4 aliphatic rings. The van der Waals surface area contributed by atoms with E-state index in [-0.39, 0.29) is 0 Å². The predicted octanol–water partition coefficient (Wildman–Crippen LogP) is 3.07. The molecule has 2 saturated heterocycles. The fraction of sp³-hybridized carbons (Fsp3) is 0.462. The highest BCUT2D eigenvalue weighted by Gasteiger charge is 2.35. The van der Waals surface area contributed by atoms with Gasteiger partial charge in [0.2, 0.25) is 5.91 Å². The van der Waals surface area contributed by atoms with Crippen molar-refractivity contribution in [1.82, 2.24) is 9.88 Å². The van der Waals surface area contributed by atoms with Crippen molar-refractivity contribution in [2.75, 3.05) is 62.3 Å². The van der Waals surface area contributed by atoms with E-state index in [1.807, 2.05) is 6.20 Å². The van der Waals surface area contributed by atoms with Gasteiger partial charge in [0.25, 0.3) is 0 Å². The molecule has 166 valence electrons. The lowest BCUT2D eigenvalue weighted by molar-refractivity contribution is -0.132. The molecule has 3 fully saturated rings. The number of piperazine rings is 1. The molecular weight excluding hydrogens is 400 g/mol. The third-order valence-electron chi connectivity index (χ3n) is 7.20. The number of amides is 1. The van der Waals surface area contributed by atoms with E-state index in [1.54, 1.807) is 0 Å². The number of hydrogen-bond acceptors (Lipinski definition) is 5. The van der Waals surface area contributed by atoms with Crippen LogP contribution in [0.4, 0.5) is 11.4 Å². The van der Waals surface area contributed by atoms with Crippen molar-refractivity contribution in [3.05, 3.63) is 53.3 Å². The average molecular weight is 431 g/mol. The first-order valence-corrected chi connectivity index (χ1v) is 11.9. The van der Waals surface area contributed by atoms with E-state index in [0.29, 0.717) is 11.8 Å². The quantitative estimate of drug-likeness (QED) is 0.746. The smallest absolute Gasteiger partial charge is 0.225 e. The zero-order valence-corrected chi connectivity index (χ0v) is 18.5. The maximum absolute atomic E-state index is 12.4. The number of ether oxygens (including phenoxy) is 1. The van der Waals surface area contributed by atoms with Crippen LogP contribution in [-0.4, -0.2) is 68.3 Å². The average Bonchev–Trinajstić information content (AvgIpc) is 3.62. The summed E-state index contributed by atoms with van der Waals surface area (Å²) < 4.78 is 5.47. The van der Waals surface area contributed by atoms with E-state index in [1.165, 1.54) is 28.1 Å². The molecule has 0 radical (unpaired) electrons. The van der Waals surface area contributed by atoms with Gasteiger partial charge in [-0.15, -0.1) is 0 Å². The molecule has 1 aromatic carbocycles. The number of allylic oxidation sites excluding steroid dienone is 1. The van der Waals surface area contributed by atoms with Gasteiger partial charge >= 0.3 is 0 Å². The number of carbonyl (C=O) groups is 1. The van der Waals surface area contributed by atoms with Crippen LogP contribution in [0.1, 0.15) is 29.7 Å². The molecular formula is C26H30N4O2. The van der Waals surface area contributed by atoms with Crippen molar-refractivity contribution >= 4 is 28.9 Å². The van der Waals surface area contributed by atoms with Gasteiger partial charge in [0.15, 0.2) is 0 Å². The van der Waals surface area contributed by atoms with E-state index in [2.05, 4.69) is 51.1 Å². The third-order valence-corrected chi connectivity index (χ3v) is 7.20. The van der Waals surface area contributed by atoms with Crippen molar-refractivity contribution < 1.29 is 9.53 Å². The Kier molecular flexibility index (Phi) is 5.10. The van der Waals surface area contributed by atoms with E-state index in [4.69, 9.17) is 9.72 Å². The molecule has 1 aromatic heterocycles. The maximum Gasteiger partial charge on any atom is 0.225 e. The van der Waals surface area contributed by atoms with Gasteiger partial charge in [0, 0.05) is 74.7 Å². The highest BCUT2D eigenvalue weighted by molar-refractivity contribution is 5.92. The first-order chi connectivity index (χ1) is 15.8. The number of fused-ring (bicyclic) bond motifs is 1. The SMILES string of the molecule is O=C(C1CC1)N1CCN(c2ccnc3c2C=C(c2ccc(N4CCOCC4)cc2)C3)CC1. The molecule has 6 nitrogen and oxygen atoms in total. The van der Waals surface area contributed by atoms with E-state index in [0.717, 1.165) is 77.4 Å². The fourth-order valence-corrected chi connectivity index (χ4v) is 5.13. The Morgan fingerprint density at radius 3 is 2.38 bits per heavy atom. The van der Waals surface area contributed by atoms with Crippen LogP contribution in [0.5, 0.6) is 0 Å². The van der Waals surface area contributed by atoms with Gasteiger partial charge in [-0.3, -0.25) is 9.78 Å². The van der Waals surface area contributed by atoms with Crippen molar-refractivity contribution in [2.45, 2.75) is 19.3 Å². The molecule has 0 unspecified atom stereocenters. The van der Waals surface area contributed by atoms with Gasteiger partial charge < -0.3 is 19.4 Å². The Morgan fingerprint density at radius 1 is 0.906 bits per heavy atom. The zero-order valence-electron chi connectivity index (χ0n) is 18.5. The first-order valence-electron chi connectivity index (χ1n) is 11.9. The second-order valence-corrected chi connectivity index (χ2v) is 9.27. The topological polar surface area (TPSA) is 48.9 Å². The monoisotopic (exact) mass is 430 g/mol. The van der Waals surface area contributed by atoms with Gasteiger partial charge in [-0.05, 0) is 48.3 Å². The number of pyridine rings is 1. The Morgan fingerprint density at radius 2 is 1.66 bits per heavy atom. The van der Waals surface area contributed by atoms with Crippen LogP contribution in [-0.2, 0) is 16.0 Å². The molecule has 32 heavy (non-hydrogen) atoms. The van der Waals surface area contributed by atoms with E-state index >= 15 is 0 Å². The molecule has 0 bridgehead atoms. The predicted molar refractivity (Wildman–Crippen MR) is 127 cm³/mol. The van der Waals surface area contributed by atoms with Crippen LogP contribution in [0.3, 0.4) is 0 Å². The summed E-state index contributed by atoms with van der Waals surface area (Å²) >= 11 is 0. The van der Waals surface area contributed by atoms with Gasteiger partial charge in [-0.25, -0.2) is 0 Å². The van der Waals surface area contributed by atoms with Crippen molar-refractivity contribution in [3.8, 4) is 0 Å². The number of hydrogen-bond donors (Lipinski definition) is 0. The van der Waals surface area contributed by atoms with Crippen molar-refractivity contribution in [3.63, 3.8) is 0 Å². The van der Waals surface area contributed by atoms with Crippen LogP contribution >= 0.6 is 0 Å². The number of rotatable bonds is 4. The lowest BCUT2D eigenvalue weighted by Crippen LogP contribution is -2.49. The summed E-state index contributed by atoms with van der Waals surface area (Å²) in [6.45, 7) is 6.97. The van der Waals surface area contributed by atoms with Gasteiger partial charge in [0.1, 0.15) is 0 Å². The summed E-state index contributed by atoms with van der Waals surface area (Å²) in [6, 6.07) is 11.1.